The molecule has 7 heteroatoms. The number of carbonyl (C=O) groups is 1. The van der Waals surface area contributed by atoms with Crippen LogP contribution in [0.1, 0.15) is 24.2 Å². The topological polar surface area (TPSA) is 64.1 Å². The number of benzene rings is 1. The molecule has 0 fully saturated rings. The zero-order valence-electron chi connectivity index (χ0n) is 11.4. The van der Waals surface area contributed by atoms with Gasteiger partial charge in [0.25, 0.3) is 5.91 Å². The largest absolute Gasteiger partial charge is 0.497 e. The molecule has 0 bridgehead atoms. The lowest BCUT2D eigenvalue weighted by atomic mass is 10.2. The van der Waals surface area contributed by atoms with Crippen LogP contribution in [0.3, 0.4) is 0 Å². The van der Waals surface area contributed by atoms with Gasteiger partial charge < -0.3 is 4.74 Å². The van der Waals surface area contributed by atoms with Crippen LogP contribution in [0.5, 0.6) is 5.75 Å². The lowest BCUT2D eigenvalue weighted by Crippen LogP contribution is -2.11. The van der Waals surface area contributed by atoms with Gasteiger partial charge in [-0.15, -0.1) is 10.2 Å². The normalized spacial score (nSPS) is 10.6. The summed E-state index contributed by atoms with van der Waals surface area (Å²) in [5, 5.41) is 11.7. The van der Waals surface area contributed by atoms with Gasteiger partial charge >= 0.3 is 0 Å². The lowest BCUT2D eigenvalue weighted by Gasteiger charge is -2.02. The van der Waals surface area contributed by atoms with Crippen LogP contribution in [-0.4, -0.2) is 28.5 Å². The number of anilines is 1. The first-order valence-electron chi connectivity index (χ1n) is 6.04. The smallest absolute Gasteiger partial charge is 0.257 e. The zero-order valence-corrected chi connectivity index (χ0v) is 13.0. The van der Waals surface area contributed by atoms with Crippen LogP contribution in [0, 0.1) is 0 Å². The van der Waals surface area contributed by atoms with Crippen LogP contribution in [-0.2, 0) is 0 Å². The van der Waals surface area contributed by atoms with Gasteiger partial charge in [0.05, 0.1) is 7.11 Å². The highest BCUT2D eigenvalue weighted by Gasteiger charge is 2.11. The molecule has 1 aromatic carbocycles. The van der Waals surface area contributed by atoms with Crippen LogP contribution in [0.25, 0.3) is 0 Å². The number of ether oxygens (including phenoxy) is 1. The second-order valence-corrected chi connectivity index (χ2v) is 7.02. The average molecular weight is 309 g/mol. The van der Waals surface area contributed by atoms with Crippen molar-refractivity contribution < 1.29 is 9.53 Å². The van der Waals surface area contributed by atoms with E-state index in [1.54, 1.807) is 43.1 Å². The minimum atomic E-state index is -0.204. The van der Waals surface area contributed by atoms with Gasteiger partial charge in [0, 0.05) is 10.8 Å². The molecule has 1 amide bonds. The third kappa shape index (κ3) is 3.94. The molecule has 0 spiro atoms. The highest BCUT2D eigenvalue weighted by molar-refractivity contribution is 8.01. The Morgan fingerprint density at radius 3 is 2.60 bits per heavy atom. The van der Waals surface area contributed by atoms with Crippen molar-refractivity contribution in [3.8, 4) is 5.75 Å². The van der Waals surface area contributed by atoms with Gasteiger partial charge in [-0.2, -0.15) is 0 Å². The quantitative estimate of drug-likeness (QED) is 0.678. The fraction of sp³-hybridized carbons (Fsp3) is 0.308. The molecule has 106 valence electrons. The van der Waals surface area contributed by atoms with E-state index in [1.807, 2.05) is 0 Å². The van der Waals surface area contributed by atoms with Crippen molar-refractivity contribution in [3.63, 3.8) is 0 Å². The van der Waals surface area contributed by atoms with Gasteiger partial charge in [-0.05, 0) is 24.3 Å². The number of aromatic nitrogens is 2. The summed E-state index contributed by atoms with van der Waals surface area (Å²) in [7, 11) is 1.59. The third-order valence-corrected chi connectivity index (χ3v) is 4.24. The Kier molecular flexibility index (Phi) is 4.97. The molecule has 0 atom stereocenters. The van der Waals surface area contributed by atoms with Crippen molar-refractivity contribution in [1.82, 2.24) is 10.2 Å². The molecule has 1 aromatic heterocycles. The number of rotatable bonds is 5. The number of nitrogens with one attached hydrogen (secondary N) is 1. The molecule has 0 aliphatic rings. The van der Waals surface area contributed by atoms with E-state index in [9.17, 15) is 4.79 Å². The highest BCUT2D eigenvalue weighted by Crippen LogP contribution is 2.28. The Morgan fingerprint density at radius 1 is 1.30 bits per heavy atom. The fourth-order valence-corrected chi connectivity index (χ4v) is 3.39. The van der Waals surface area contributed by atoms with E-state index < -0.39 is 0 Å². The Bertz CT molecular complexity index is 582. The van der Waals surface area contributed by atoms with Gasteiger partial charge in [0.1, 0.15) is 5.75 Å². The maximum absolute atomic E-state index is 12.0. The Hall–Kier alpha value is -1.60. The third-order valence-electron chi connectivity index (χ3n) is 2.32. The molecule has 0 saturated carbocycles. The van der Waals surface area contributed by atoms with Crippen molar-refractivity contribution in [2.24, 2.45) is 0 Å². The summed E-state index contributed by atoms with van der Waals surface area (Å²) in [6, 6.07) is 6.90. The molecule has 2 aromatic rings. The zero-order chi connectivity index (χ0) is 14.5. The van der Waals surface area contributed by atoms with Crippen molar-refractivity contribution >= 4 is 34.1 Å². The number of hydrogen-bond donors (Lipinski definition) is 1. The second-order valence-electron chi connectivity index (χ2n) is 4.22. The number of carbonyl (C=O) groups excluding carboxylic acids is 1. The molecule has 1 N–H and O–H groups in total. The first-order valence-corrected chi connectivity index (χ1v) is 7.73. The van der Waals surface area contributed by atoms with Crippen LogP contribution in [0.15, 0.2) is 28.6 Å². The number of amides is 1. The van der Waals surface area contributed by atoms with Crippen molar-refractivity contribution in [2.45, 2.75) is 23.4 Å². The second kappa shape index (κ2) is 6.71. The SMILES string of the molecule is COc1ccc(C(=O)Nc2nnc(SC(C)C)s2)cc1. The van der Waals surface area contributed by atoms with E-state index in [1.165, 1.54) is 11.3 Å². The van der Waals surface area contributed by atoms with E-state index >= 15 is 0 Å². The maximum atomic E-state index is 12.0. The highest BCUT2D eigenvalue weighted by atomic mass is 32.2. The van der Waals surface area contributed by atoms with Crippen molar-refractivity contribution in [3.05, 3.63) is 29.8 Å². The van der Waals surface area contributed by atoms with Gasteiger partial charge in [0.2, 0.25) is 5.13 Å². The average Bonchev–Trinajstić information content (AvgIpc) is 2.85. The van der Waals surface area contributed by atoms with Gasteiger partial charge in [0.15, 0.2) is 4.34 Å². The van der Waals surface area contributed by atoms with Gasteiger partial charge in [-0.25, -0.2) is 0 Å². The molecular formula is C13H15N3O2S2. The molecule has 5 nitrogen and oxygen atoms in total. The van der Waals surface area contributed by atoms with Crippen LogP contribution >= 0.6 is 23.1 Å². The van der Waals surface area contributed by atoms with Crippen molar-refractivity contribution in [2.75, 3.05) is 12.4 Å². The van der Waals surface area contributed by atoms with Gasteiger partial charge in [-0.1, -0.05) is 36.9 Å². The first kappa shape index (κ1) is 14.8. The summed E-state index contributed by atoms with van der Waals surface area (Å²) < 4.78 is 5.90. The van der Waals surface area contributed by atoms with E-state index in [4.69, 9.17) is 4.74 Å². The standard InChI is InChI=1S/C13H15N3O2S2/c1-8(2)19-13-16-15-12(20-13)14-11(17)9-4-6-10(18-3)7-5-9/h4-8H,1-3H3,(H,14,15,17). The molecule has 20 heavy (non-hydrogen) atoms. The lowest BCUT2D eigenvalue weighted by molar-refractivity contribution is 0.102. The minimum Gasteiger partial charge on any atom is -0.497 e. The Balaban J connectivity index is 2.01. The van der Waals surface area contributed by atoms with E-state index in [0.717, 1.165) is 4.34 Å². The summed E-state index contributed by atoms with van der Waals surface area (Å²) in [6.07, 6.45) is 0. The number of nitrogens with zero attached hydrogens (tertiary/aromatic N) is 2. The predicted molar refractivity (Wildman–Crippen MR) is 81.8 cm³/mol. The predicted octanol–water partition coefficient (Wildman–Crippen LogP) is 3.30. The molecule has 0 saturated heterocycles. The van der Waals surface area contributed by atoms with Crippen LogP contribution < -0.4 is 10.1 Å². The van der Waals surface area contributed by atoms with E-state index in [-0.39, 0.29) is 5.91 Å². The number of thioether (sulfide) groups is 1. The van der Waals surface area contributed by atoms with Crippen LogP contribution in [0.2, 0.25) is 0 Å². The fourth-order valence-electron chi connectivity index (χ4n) is 1.42. The van der Waals surface area contributed by atoms with Crippen LogP contribution in [0.4, 0.5) is 5.13 Å². The maximum Gasteiger partial charge on any atom is 0.257 e. The molecule has 1 heterocycles. The van der Waals surface area contributed by atoms with E-state index in [0.29, 0.717) is 21.7 Å². The molecule has 0 unspecified atom stereocenters. The number of hydrogen-bond acceptors (Lipinski definition) is 6. The number of methoxy groups -OCH3 is 1. The van der Waals surface area contributed by atoms with Gasteiger partial charge in [-0.3, -0.25) is 10.1 Å². The minimum absolute atomic E-state index is 0.204. The Morgan fingerprint density at radius 2 is 2.00 bits per heavy atom. The summed E-state index contributed by atoms with van der Waals surface area (Å²) in [5.41, 5.74) is 0.555. The van der Waals surface area contributed by atoms with E-state index in [2.05, 4.69) is 29.4 Å². The molecule has 0 radical (unpaired) electrons. The molecular weight excluding hydrogens is 294 g/mol. The summed E-state index contributed by atoms with van der Waals surface area (Å²) in [6.45, 7) is 4.17. The summed E-state index contributed by atoms with van der Waals surface area (Å²) in [5.74, 6) is 0.512. The molecule has 2 rings (SSSR count). The van der Waals surface area contributed by atoms with Crippen molar-refractivity contribution in [1.29, 1.82) is 0 Å². The first-order chi connectivity index (χ1) is 9.58. The molecule has 0 aliphatic heterocycles. The summed E-state index contributed by atoms with van der Waals surface area (Å²) in [4.78, 5) is 12.0. The Labute approximate surface area is 125 Å². The summed E-state index contributed by atoms with van der Waals surface area (Å²) >= 11 is 3.00. The monoisotopic (exact) mass is 309 g/mol. The molecule has 0 aliphatic carbocycles.